The van der Waals surface area contributed by atoms with Crippen LogP contribution in [0, 0.1) is 0 Å². The molecule has 15 heavy (non-hydrogen) atoms. The summed E-state index contributed by atoms with van der Waals surface area (Å²) in [5.74, 6) is -0.514. The number of aromatic nitrogens is 1. The molecule has 1 atom stereocenters. The van der Waals surface area contributed by atoms with Crippen molar-refractivity contribution in [2.75, 3.05) is 6.61 Å². The lowest BCUT2D eigenvalue weighted by molar-refractivity contribution is -0.149. The van der Waals surface area contributed by atoms with Crippen molar-refractivity contribution in [1.29, 1.82) is 0 Å². The Hall–Kier alpha value is -1.13. The zero-order valence-electron chi connectivity index (χ0n) is 8.66. The first kappa shape index (κ1) is 11.9. The number of hydrogen-bond acceptors (Lipinski definition) is 4. The second-order valence-electron chi connectivity index (χ2n) is 3.27. The summed E-state index contributed by atoms with van der Waals surface area (Å²) >= 11 is 5.71. The van der Waals surface area contributed by atoms with E-state index in [-0.39, 0.29) is 6.61 Å². The predicted octanol–water partition coefficient (Wildman–Crippen LogP) is 1.47. The fourth-order valence-corrected chi connectivity index (χ4v) is 1.25. The van der Waals surface area contributed by atoms with Crippen molar-refractivity contribution < 1.29 is 9.53 Å². The predicted molar refractivity (Wildman–Crippen MR) is 57.4 cm³/mol. The van der Waals surface area contributed by atoms with Crippen LogP contribution < -0.4 is 5.73 Å². The Morgan fingerprint density at radius 1 is 1.67 bits per heavy atom. The number of halogens is 1. The average Bonchev–Trinajstić information content (AvgIpc) is 2.18. The molecule has 4 nitrogen and oxygen atoms in total. The second kappa shape index (κ2) is 4.59. The van der Waals surface area contributed by atoms with Gasteiger partial charge in [-0.1, -0.05) is 17.7 Å². The Morgan fingerprint density at radius 3 is 2.87 bits per heavy atom. The van der Waals surface area contributed by atoms with Gasteiger partial charge in [-0.15, -0.1) is 0 Å². The third kappa shape index (κ3) is 2.67. The maximum Gasteiger partial charge on any atom is 0.332 e. The van der Waals surface area contributed by atoms with Crippen LogP contribution in [0.1, 0.15) is 19.5 Å². The largest absolute Gasteiger partial charge is 0.464 e. The number of ether oxygens (including phenoxy) is 1. The fraction of sp³-hybridized carbons (Fsp3) is 0.400. The van der Waals surface area contributed by atoms with E-state index in [1.165, 1.54) is 0 Å². The Labute approximate surface area is 93.4 Å². The molecule has 2 N–H and O–H groups in total. The third-order valence-electron chi connectivity index (χ3n) is 1.95. The lowest BCUT2D eigenvalue weighted by Crippen LogP contribution is -2.43. The normalized spacial score (nSPS) is 14.4. The van der Waals surface area contributed by atoms with Crippen LogP contribution in [-0.2, 0) is 15.1 Å². The SMILES string of the molecule is CCOC(=O)C(C)(N)c1cccc(Cl)n1. The molecule has 0 amide bonds. The summed E-state index contributed by atoms with van der Waals surface area (Å²) in [5.41, 5.74) is 4.97. The Bertz CT molecular complexity index is 366. The van der Waals surface area contributed by atoms with Crippen LogP contribution in [0.3, 0.4) is 0 Å². The van der Waals surface area contributed by atoms with E-state index in [0.717, 1.165) is 0 Å². The monoisotopic (exact) mass is 228 g/mol. The topological polar surface area (TPSA) is 65.2 Å². The van der Waals surface area contributed by atoms with Gasteiger partial charge in [0, 0.05) is 0 Å². The number of hydrogen-bond donors (Lipinski definition) is 1. The highest BCUT2D eigenvalue weighted by atomic mass is 35.5. The van der Waals surface area contributed by atoms with Gasteiger partial charge >= 0.3 is 5.97 Å². The van der Waals surface area contributed by atoms with Crippen molar-refractivity contribution in [1.82, 2.24) is 4.98 Å². The molecule has 1 aromatic rings. The fourth-order valence-electron chi connectivity index (χ4n) is 1.08. The van der Waals surface area contributed by atoms with E-state index < -0.39 is 11.5 Å². The molecule has 0 bridgehead atoms. The standard InChI is InChI=1S/C10H13ClN2O2/c1-3-15-9(14)10(2,12)7-5-4-6-8(11)13-7/h4-6H,3,12H2,1-2H3. The molecule has 0 saturated carbocycles. The van der Waals surface area contributed by atoms with Gasteiger partial charge in [-0.3, -0.25) is 0 Å². The Kier molecular flexibility index (Phi) is 3.66. The molecule has 0 spiro atoms. The van der Waals surface area contributed by atoms with E-state index in [1.807, 2.05) is 0 Å². The molecule has 1 heterocycles. The first-order valence-electron chi connectivity index (χ1n) is 4.57. The number of carbonyl (C=O) groups is 1. The first-order valence-corrected chi connectivity index (χ1v) is 4.95. The minimum absolute atomic E-state index is 0.284. The number of pyridine rings is 1. The van der Waals surface area contributed by atoms with E-state index in [2.05, 4.69) is 4.98 Å². The third-order valence-corrected chi connectivity index (χ3v) is 2.16. The van der Waals surface area contributed by atoms with Crippen LogP contribution in [0.5, 0.6) is 0 Å². The molecule has 0 aliphatic rings. The molecular formula is C10H13ClN2O2. The summed E-state index contributed by atoms with van der Waals surface area (Å²) in [6.45, 7) is 3.55. The van der Waals surface area contributed by atoms with Crippen LogP contribution in [0.4, 0.5) is 0 Å². The maximum absolute atomic E-state index is 11.5. The maximum atomic E-state index is 11.5. The van der Waals surface area contributed by atoms with Crippen molar-refractivity contribution in [3.8, 4) is 0 Å². The van der Waals surface area contributed by atoms with Crippen LogP contribution in [0.2, 0.25) is 5.15 Å². The van der Waals surface area contributed by atoms with E-state index >= 15 is 0 Å². The summed E-state index contributed by atoms with van der Waals surface area (Å²) in [6.07, 6.45) is 0. The average molecular weight is 229 g/mol. The van der Waals surface area contributed by atoms with Gasteiger partial charge in [-0.05, 0) is 26.0 Å². The molecule has 1 aromatic heterocycles. The highest BCUT2D eigenvalue weighted by Gasteiger charge is 2.33. The summed E-state index contributed by atoms with van der Waals surface area (Å²) in [5, 5.41) is 0.300. The highest BCUT2D eigenvalue weighted by Crippen LogP contribution is 2.18. The van der Waals surface area contributed by atoms with Crippen LogP contribution in [0.15, 0.2) is 18.2 Å². The molecule has 0 aliphatic carbocycles. The number of nitrogens with two attached hydrogens (primary N) is 1. The Balaban J connectivity index is 2.99. The zero-order valence-corrected chi connectivity index (χ0v) is 9.41. The van der Waals surface area contributed by atoms with Crippen molar-refractivity contribution in [3.05, 3.63) is 29.0 Å². The van der Waals surface area contributed by atoms with Gasteiger partial charge < -0.3 is 10.5 Å². The van der Waals surface area contributed by atoms with E-state index in [1.54, 1.807) is 32.0 Å². The van der Waals surface area contributed by atoms with Crippen molar-refractivity contribution >= 4 is 17.6 Å². The minimum atomic E-state index is -1.26. The molecule has 82 valence electrons. The molecule has 0 saturated heterocycles. The Morgan fingerprint density at radius 2 is 2.33 bits per heavy atom. The van der Waals surface area contributed by atoms with Crippen LogP contribution in [-0.4, -0.2) is 17.6 Å². The van der Waals surface area contributed by atoms with Crippen molar-refractivity contribution in [2.24, 2.45) is 5.73 Å². The van der Waals surface area contributed by atoms with Crippen LogP contribution >= 0.6 is 11.6 Å². The summed E-state index contributed by atoms with van der Waals surface area (Å²) < 4.78 is 4.85. The molecule has 0 aromatic carbocycles. The summed E-state index contributed by atoms with van der Waals surface area (Å²) in [4.78, 5) is 15.5. The molecule has 1 rings (SSSR count). The van der Waals surface area contributed by atoms with Gasteiger partial charge in [-0.25, -0.2) is 9.78 Å². The van der Waals surface area contributed by atoms with Gasteiger partial charge in [-0.2, -0.15) is 0 Å². The van der Waals surface area contributed by atoms with Gasteiger partial charge in [0.2, 0.25) is 0 Å². The number of rotatable bonds is 3. The lowest BCUT2D eigenvalue weighted by Gasteiger charge is -2.21. The molecule has 0 fully saturated rings. The van der Waals surface area contributed by atoms with E-state index in [0.29, 0.717) is 10.8 Å². The summed E-state index contributed by atoms with van der Waals surface area (Å²) in [7, 11) is 0. The van der Waals surface area contributed by atoms with Gasteiger partial charge in [0.25, 0.3) is 0 Å². The van der Waals surface area contributed by atoms with Gasteiger partial charge in [0.15, 0.2) is 5.54 Å². The molecule has 5 heteroatoms. The van der Waals surface area contributed by atoms with Gasteiger partial charge in [0.1, 0.15) is 5.15 Å². The number of nitrogens with zero attached hydrogens (tertiary/aromatic N) is 1. The quantitative estimate of drug-likeness (QED) is 0.629. The summed E-state index contributed by atoms with van der Waals surface area (Å²) in [6, 6.07) is 4.95. The first-order chi connectivity index (χ1) is 6.98. The second-order valence-corrected chi connectivity index (χ2v) is 3.66. The molecule has 0 aliphatic heterocycles. The zero-order chi connectivity index (χ0) is 11.5. The van der Waals surface area contributed by atoms with Crippen LogP contribution in [0.25, 0.3) is 0 Å². The minimum Gasteiger partial charge on any atom is -0.464 e. The molecule has 0 radical (unpaired) electrons. The van der Waals surface area contributed by atoms with Crippen molar-refractivity contribution in [3.63, 3.8) is 0 Å². The smallest absolute Gasteiger partial charge is 0.332 e. The number of carbonyl (C=O) groups excluding carboxylic acids is 1. The molecule has 1 unspecified atom stereocenters. The van der Waals surface area contributed by atoms with E-state index in [4.69, 9.17) is 22.1 Å². The van der Waals surface area contributed by atoms with Gasteiger partial charge in [0.05, 0.1) is 12.3 Å². The molecular weight excluding hydrogens is 216 g/mol. The van der Waals surface area contributed by atoms with Crippen molar-refractivity contribution in [2.45, 2.75) is 19.4 Å². The number of esters is 1. The highest BCUT2D eigenvalue weighted by molar-refractivity contribution is 6.29. The lowest BCUT2D eigenvalue weighted by atomic mass is 9.99. The van der Waals surface area contributed by atoms with E-state index in [9.17, 15) is 4.79 Å².